The molecule has 0 saturated heterocycles. The zero-order valence-corrected chi connectivity index (χ0v) is 12.9. The Balaban J connectivity index is 2.20. The van der Waals surface area contributed by atoms with E-state index in [2.05, 4.69) is 20.9 Å². The lowest BCUT2D eigenvalue weighted by Crippen LogP contribution is -2.24. The Morgan fingerprint density at radius 2 is 2.00 bits per heavy atom. The molecule has 0 radical (unpaired) electrons. The Morgan fingerprint density at radius 3 is 2.76 bits per heavy atom. The molecule has 0 spiro atoms. The number of fused-ring (bicyclic) bond motifs is 1. The fourth-order valence-electron chi connectivity index (χ4n) is 2.30. The first kappa shape index (κ1) is 13.9. The number of aromatic nitrogens is 2. The SMILES string of the molecule is Cc1nc2ccccc2n(Cc2ccc(F)cc2Br)c1=O. The van der Waals surface area contributed by atoms with E-state index in [9.17, 15) is 9.18 Å². The Hall–Kier alpha value is -2.01. The van der Waals surface area contributed by atoms with Crippen LogP contribution in [0.25, 0.3) is 11.0 Å². The summed E-state index contributed by atoms with van der Waals surface area (Å²) in [6.45, 7) is 2.06. The van der Waals surface area contributed by atoms with Crippen LogP contribution >= 0.6 is 15.9 Å². The quantitative estimate of drug-likeness (QED) is 0.709. The fourth-order valence-corrected chi connectivity index (χ4v) is 2.77. The van der Waals surface area contributed by atoms with Crippen molar-refractivity contribution in [2.75, 3.05) is 0 Å². The molecule has 1 heterocycles. The minimum absolute atomic E-state index is 0.134. The van der Waals surface area contributed by atoms with Gasteiger partial charge in [0.25, 0.3) is 5.56 Å². The molecular weight excluding hydrogens is 335 g/mol. The molecule has 5 heteroatoms. The van der Waals surface area contributed by atoms with E-state index in [0.717, 1.165) is 16.6 Å². The van der Waals surface area contributed by atoms with Crippen LogP contribution in [-0.4, -0.2) is 9.55 Å². The minimum Gasteiger partial charge on any atom is -0.301 e. The first-order valence-electron chi connectivity index (χ1n) is 6.46. The van der Waals surface area contributed by atoms with Crippen LogP contribution < -0.4 is 5.56 Å². The summed E-state index contributed by atoms with van der Waals surface area (Å²) >= 11 is 3.34. The first-order valence-corrected chi connectivity index (χ1v) is 7.25. The van der Waals surface area contributed by atoms with Crippen molar-refractivity contribution in [3.63, 3.8) is 0 Å². The van der Waals surface area contributed by atoms with Crippen molar-refractivity contribution in [1.29, 1.82) is 0 Å². The number of hydrogen-bond donors (Lipinski definition) is 0. The predicted octanol–water partition coefficient (Wildman–Crippen LogP) is 3.65. The van der Waals surface area contributed by atoms with Crippen molar-refractivity contribution in [3.05, 3.63) is 74.4 Å². The van der Waals surface area contributed by atoms with Gasteiger partial charge in [0.05, 0.1) is 17.6 Å². The summed E-state index contributed by atoms with van der Waals surface area (Å²) in [6.07, 6.45) is 0. The van der Waals surface area contributed by atoms with E-state index in [1.807, 2.05) is 24.3 Å². The van der Waals surface area contributed by atoms with E-state index in [1.165, 1.54) is 12.1 Å². The van der Waals surface area contributed by atoms with Gasteiger partial charge >= 0.3 is 0 Å². The summed E-state index contributed by atoms with van der Waals surface area (Å²) in [5.41, 5.74) is 2.70. The van der Waals surface area contributed by atoms with E-state index in [0.29, 0.717) is 16.7 Å². The monoisotopic (exact) mass is 346 g/mol. The molecular formula is C16H12BrFN2O. The second kappa shape index (κ2) is 5.41. The topological polar surface area (TPSA) is 34.9 Å². The van der Waals surface area contributed by atoms with Crippen molar-refractivity contribution in [1.82, 2.24) is 9.55 Å². The van der Waals surface area contributed by atoms with Gasteiger partial charge in [0.1, 0.15) is 11.5 Å². The fraction of sp³-hybridized carbons (Fsp3) is 0.125. The highest BCUT2D eigenvalue weighted by molar-refractivity contribution is 9.10. The molecule has 3 nitrogen and oxygen atoms in total. The highest BCUT2D eigenvalue weighted by Gasteiger charge is 2.10. The maximum atomic E-state index is 13.2. The van der Waals surface area contributed by atoms with Crippen molar-refractivity contribution in [2.24, 2.45) is 0 Å². The van der Waals surface area contributed by atoms with E-state index < -0.39 is 0 Å². The van der Waals surface area contributed by atoms with Gasteiger partial charge < -0.3 is 4.57 Å². The maximum Gasteiger partial charge on any atom is 0.272 e. The predicted molar refractivity (Wildman–Crippen MR) is 83.9 cm³/mol. The number of rotatable bonds is 2. The van der Waals surface area contributed by atoms with Crippen LogP contribution in [0, 0.1) is 12.7 Å². The number of hydrogen-bond acceptors (Lipinski definition) is 2. The zero-order valence-electron chi connectivity index (χ0n) is 11.3. The van der Waals surface area contributed by atoms with E-state index in [1.54, 1.807) is 17.6 Å². The average Bonchev–Trinajstić information content (AvgIpc) is 2.46. The first-order chi connectivity index (χ1) is 10.1. The van der Waals surface area contributed by atoms with Gasteiger partial charge in [0.2, 0.25) is 0 Å². The number of aryl methyl sites for hydroxylation is 1. The summed E-state index contributed by atoms with van der Waals surface area (Å²) in [4.78, 5) is 16.7. The Morgan fingerprint density at radius 1 is 1.24 bits per heavy atom. The van der Waals surface area contributed by atoms with Gasteiger partial charge in [0, 0.05) is 4.47 Å². The Labute approximate surface area is 129 Å². The van der Waals surface area contributed by atoms with Crippen molar-refractivity contribution in [3.8, 4) is 0 Å². The number of benzene rings is 2. The number of halogens is 2. The van der Waals surface area contributed by atoms with Gasteiger partial charge in [-0.3, -0.25) is 4.79 Å². The molecule has 0 fully saturated rings. The van der Waals surface area contributed by atoms with Crippen molar-refractivity contribution in [2.45, 2.75) is 13.5 Å². The summed E-state index contributed by atoms with van der Waals surface area (Å²) in [7, 11) is 0. The van der Waals surface area contributed by atoms with Gasteiger partial charge in [-0.2, -0.15) is 0 Å². The van der Waals surface area contributed by atoms with Crippen molar-refractivity contribution < 1.29 is 4.39 Å². The van der Waals surface area contributed by atoms with Gasteiger partial charge in [-0.25, -0.2) is 9.37 Å². The van der Waals surface area contributed by atoms with Gasteiger partial charge in [-0.05, 0) is 36.8 Å². The van der Waals surface area contributed by atoms with Crippen LogP contribution in [0.3, 0.4) is 0 Å². The van der Waals surface area contributed by atoms with Gasteiger partial charge in [-0.15, -0.1) is 0 Å². The molecule has 0 saturated carbocycles. The van der Waals surface area contributed by atoms with Crippen molar-refractivity contribution >= 4 is 27.0 Å². The Bertz CT molecular complexity index is 889. The molecule has 3 rings (SSSR count). The molecule has 1 aromatic heterocycles. The Kier molecular flexibility index (Phi) is 3.59. The molecule has 0 unspecified atom stereocenters. The third-order valence-corrected chi connectivity index (χ3v) is 4.10. The maximum absolute atomic E-state index is 13.2. The largest absolute Gasteiger partial charge is 0.301 e. The third-order valence-electron chi connectivity index (χ3n) is 3.36. The second-order valence-electron chi connectivity index (χ2n) is 4.81. The highest BCUT2D eigenvalue weighted by Crippen LogP contribution is 2.20. The summed E-state index contributed by atoms with van der Waals surface area (Å²) in [5.74, 6) is -0.311. The normalized spacial score (nSPS) is 11.0. The lowest BCUT2D eigenvalue weighted by atomic mass is 10.2. The van der Waals surface area contributed by atoms with E-state index >= 15 is 0 Å². The zero-order chi connectivity index (χ0) is 15.0. The number of para-hydroxylation sites is 2. The molecule has 3 aromatic rings. The third kappa shape index (κ3) is 2.61. The highest BCUT2D eigenvalue weighted by atomic mass is 79.9. The van der Waals surface area contributed by atoms with E-state index in [-0.39, 0.29) is 11.4 Å². The summed E-state index contributed by atoms with van der Waals surface area (Å²) in [6, 6.07) is 12.0. The molecule has 0 amide bonds. The van der Waals surface area contributed by atoms with Crippen LogP contribution in [0.5, 0.6) is 0 Å². The van der Waals surface area contributed by atoms with Crippen LogP contribution in [0.1, 0.15) is 11.3 Å². The molecule has 21 heavy (non-hydrogen) atoms. The molecule has 2 aromatic carbocycles. The van der Waals surface area contributed by atoms with Crippen LogP contribution in [0.2, 0.25) is 0 Å². The smallest absolute Gasteiger partial charge is 0.272 e. The minimum atomic E-state index is -0.311. The molecule has 0 atom stereocenters. The standard InChI is InChI=1S/C16H12BrFN2O/c1-10-16(21)20(15-5-3-2-4-14(15)19-10)9-11-6-7-12(18)8-13(11)17/h2-8H,9H2,1H3. The van der Waals surface area contributed by atoms with Crippen LogP contribution in [0.4, 0.5) is 4.39 Å². The molecule has 0 bridgehead atoms. The molecule has 106 valence electrons. The molecule has 0 aliphatic rings. The molecule has 0 aliphatic carbocycles. The van der Waals surface area contributed by atoms with E-state index in [4.69, 9.17) is 0 Å². The van der Waals surface area contributed by atoms with Crippen LogP contribution in [0.15, 0.2) is 51.7 Å². The second-order valence-corrected chi connectivity index (χ2v) is 5.67. The molecule has 0 aliphatic heterocycles. The van der Waals surface area contributed by atoms with Gasteiger partial charge in [0.15, 0.2) is 0 Å². The number of nitrogens with zero attached hydrogens (tertiary/aromatic N) is 2. The van der Waals surface area contributed by atoms with Crippen LogP contribution in [-0.2, 0) is 6.54 Å². The van der Waals surface area contributed by atoms with Gasteiger partial charge in [-0.1, -0.05) is 34.1 Å². The summed E-state index contributed by atoms with van der Waals surface area (Å²) < 4.78 is 15.5. The average molecular weight is 347 g/mol. The molecule has 0 N–H and O–H groups in total. The lowest BCUT2D eigenvalue weighted by molar-refractivity contribution is 0.625. The summed E-state index contributed by atoms with van der Waals surface area (Å²) in [5, 5.41) is 0. The lowest BCUT2D eigenvalue weighted by Gasteiger charge is -2.12.